The third-order valence-corrected chi connectivity index (χ3v) is 4.41. The molecule has 0 aliphatic heterocycles. The first kappa shape index (κ1) is 21.3. The summed E-state index contributed by atoms with van der Waals surface area (Å²) in [6.07, 6.45) is 15.8. The van der Waals surface area contributed by atoms with E-state index in [2.05, 4.69) is 6.92 Å². The summed E-state index contributed by atoms with van der Waals surface area (Å²) in [6.45, 7) is 2.23. The Morgan fingerprint density at radius 3 is 2.48 bits per heavy atom. The molecule has 1 N–H and O–H groups in total. The number of ketones is 1. The lowest BCUT2D eigenvalue weighted by atomic mass is 10.1. The van der Waals surface area contributed by atoms with Crippen LogP contribution in [0, 0.1) is 0 Å². The Bertz CT molecular complexity index is 520. The van der Waals surface area contributed by atoms with Crippen LogP contribution in [-0.4, -0.2) is 18.0 Å². The second-order valence-corrected chi connectivity index (χ2v) is 6.64. The van der Waals surface area contributed by atoms with E-state index in [1.54, 1.807) is 25.3 Å². The molecule has 0 aliphatic carbocycles. The molecule has 3 heteroatoms. The van der Waals surface area contributed by atoms with Gasteiger partial charge in [0.25, 0.3) is 0 Å². The van der Waals surface area contributed by atoms with E-state index in [-0.39, 0.29) is 11.5 Å². The summed E-state index contributed by atoms with van der Waals surface area (Å²) < 4.78 is 5.04. The van der Waals surface area contributed by atoms with Crippen molar-refractivity contribution in [2.45, 2.75) is 77.6 Å². The second kappa shape index (κ2) is 13.5. The Morgan fingerprint density at radius 2 is 1.80 bits per heavy atom. The standard InChI is InChI=1S/C22H34O3/c1-3-4-5-6-7-8-11-14-20(23)15-12-9-10-13-19-16-17-22(25-2)21(24)18-19/h12,15-18,24H,3-11,13-14H2,1-2H3. The Labute approximate surface area is 153 Å². The summed E-state index contributed by atoms with van der Waals surface area (Å²) in [4.78, 5) is 11.8. The number of phenolic OH excluding ortho intramolecular Hbond substituents is 1. The maximum absolute atomic E-state index is 11.8. The Hall–Kier alpha value is -1.77. The predicted molar refractivity (Wildman–Crippen MR) is 104 cm³/mol. The van der Waals surface area contributed by atoms with E-state index >= 15 is 0 Å². The molecule has 0 saturated heterocycles. The molecule has 0 saturated carbocycles. The number of aryl methyl sites for hydroxylation is 1. The predicted octanol–water partition coefficient (Wildman–Crippen LogP) is 5.99. The topological polar surface area (TPSA) is 46.5 Å². The summed E-state index contributed by atoms with van der Waals surface area (Å²) in [7, 11) is 1.54. The highest BCUT2D eigenvalue weighted by atomic mass is 16.5. The molecule has 1 rings (SSSR count). The molecule has 0 aromatic heterocycles. The van der Waals surface area contributed by atoms with Gasteiger partial charge in [0.2, 0.25) is 0 Å². The monoisotopic (exact) mass is 346 g/mol. The van der Waals surface area contributed by atoms with Crippen molar-refractivity contribution in [3.05, 3.63) is 35.9 Å². The highest BCUT2D eigenvalue weighted by molar-refractivity contribution is 5.89. The number of ether oxygens (including phenoxy) is 1. The molecule has 0 amide bonds. The number of hydrogen-bond donors (Lipinski definition) is 1. The molecule has 0 atom stereocenters. The number of carbonyl (C=O) groups excluding carboxylic acids is 1. The third kappa shape index (κ3) is 9.96. The van der Waals surface area contributed by atoms with Crippen LogP contribution in [0.4, 0.5) is 0 Å². The van der Waals surface area contributed by atoms with Crippen LogP contribution in [0.1, 0.15) is 76.7 Å². The zero-order valence-electron chi connectivity index (χ0n) is 15.9. The Balaban J connectivity index is 2.08. The molecule has 1 aromatic rings. The number of phenols is 1. The highest BCUT2D eigenvalue weighted by Crippen LogP contribution is 2.26. The van der Waals surface area contributed by atoms with Crippen molar-refractivity contribution in [3.8, 4) is 11.5 Å². The molecule has 0 bridgehead atoms. The fraction of sp³-hybridized carbons (Fsp3) is 0.591. The zero-order chi connectivity index (χ0) is 18.3. The van der Waals surface area contributed by atoms with Crippen LogP contribution in [0.3, 0.4) is 0 Å². The lowest BCUT2D eigenvalue weighted by Crippen LogP contribution is -1.93. The van der Waals surface area contributed by atoms with Crippen LogP contribution in [0.25, 0.3) is 0 Å². The number of rotatable bonds is 14. The molecule has 0 fully saturated rings. The van der Waals surface area contributed by atoms with E-state index in [0.29, 0.717) is 12.2 Å². The van der Waals surface area contributed by atoms with Crippen LogP contribution in [0.2, 0.25) is 0 Å². The van der Waals surface area contributed by atoms with Gasteiger partial charge in [-0.05, 0) is 49.5 Å². The summed E-state index contributed by atoms with van der Waals surface area (Å²) in [5.74, 6) is 0.927. The van der Waals surface area contributed by atoms with Crippen molar-refractivity contribution in [2.75, 3.05) is 7.11 Å². The SMILES string of the molecule is CCCCCCCCCC(=O)C=CCCCc1ccc(OC)c(O)c1. The fourth-order valence-corrected chi connectivity index (χ4v) is 2.87. The van der Waals surface area contributed by atoms with Crippen molar-refractivity contribution < 1.29 is 14.6 Å². The van der Waals surface area contributed by atoms with Crippen LogP contribution in [-0.2, 0) is 11.2 Å². The first-order valence-electron chi connectivity index (χ1n) is 9.72. The Kier molecular flexibility index (Phi) is 11.5. The lowest BCUT2D eigenvalue weighted by Gasteiger charge is -2.05. The maximum atomic E-state index is 11.8. The van der Waals surface area contributed by atoms with Crippen molar-refractivity contribution in [2.24, 2.45) is 0 Å². The molecule has 0 spiro atoms. The first-order valence-corrected chi connectivity index (χ1v) is 9.72. The van der Waals surface area contributed by atoms with Gasteiger partial charge in [-0.2, -0.15) is 0 Å². The van der Waals surface area contributed by atoms with Gasteiger partial charge in [-0.1, -0.05) is 57.6 Å². The van der Waals surface area contributed by atoms with Crippen molar-refractivity contribution >= 4 is 5.78 Å². The van der Waals surface area contributed by atoms with Gasteiger partial charge < -0.3 is 9.84 Å². The number of methoxy groups -OCH3 is 1. The molecule has 0 aliphatic rings. The lowest BCUT2D eigenvalue weighted by molar-refractivity contribution is -0.114. The molecular formula is C22H34O3. The molecule has 3 nitrogen and oxygen atoms in total. The molecule has 1 aromatic carbocycles. The molecule has 0 unspecified atom stereocenters. The van der Waals surface area contributed by atoms with Gasteiger partial charge in [0.05, 0.1) is 7.11 Å². The van der Waals surface area contributed by atoms with Gasteiger partial charge in [0.15, 0.2) is 17.3 Å². The average molecular weight is 347 g/mol. The minimum atomic E-state index is 0.181. The number of carbonyl (C=O) groups is 1. The van der Waals surface area contributed by atoms with Crippen LogP contribution in [0.15, 0.2) is 30.4 Å². The van der Waals surface area contributed by atoms with Gasteiger partial charge in [0.1, 0.15) is 0 Å². The minimum absolute atomic E-state index is 0.181. The maximum Gasteiger partial charge on any atom is 0.160 e. The van der Waals surface area contributed by atoms with Gasteiger partial charge in [-0.15, -0.1) is 0 Å². The largest absolute Gasteiger partial charge is 0.504 e. The summed E-state index contributed by atoms with van der Waals surface area (Å²) in [5.41, 5.74) is 1.08. The molecule has 0 heterocycles. The minimum Gasteiger partial charge on any atom is -0.504 e. The third-order valence-electron chi connectivity index (χ3n) is 4.41. The van der Waals surface area contributed by atoms with Gasteiger partial charge in [-0.25, -0.2) is 0 Å². The quantitative estimate of drug-likeness (QED) is 0.332. The second-order valence-electron chi connectivity index (χ2n) is 6.64. The number of aromatic hydroxyl groups is 1. The van der Waals surface area contributed by atoms with Gasteiger partial charge in [-0.3, -0.25) is 4.79 Å². The van der Waals surface area contributed by atoms with Crippen LogP contribution in [0.5, 0.6) is 11.5 Å². The number of unbranched alkanes of at least 4 members (excludes halogenated alkanes) is 7. The highest BCUT2D eigenvalue weighted by Gasteiger charge is 2.02. The summed E-state index contributed by atoms with van der Waals surface area (Å²) in [6, 6.07) is 5.49. The normalized spacial score (nSPS) is 11.1. The van der Waals surface area contributed by atoms with Gasteiger partial charge >= 0.3 is 0 Å². The van der Waals surface area contributed by atoms with Crippen LogP contribution < -0.4 is 4.74 Å². The van der Waals surface area contributed by atoms with Crippen molar-refractivity contribution in [1.82, 2.24) is 0 Å². The van der Waals surface area contributed by atoms with E-state index in [1.165, 1.54) is 38.5 Å². The van der Waals surface area contributed by atoms with E-state index in [0.717, 1.165) is 31.2 Å². The molecule has 0 radical (unpaired) electrons. The van der Waals surface area contributed by atoms with E-state index < -0.39 is 0 Å². The van der Waals surface area contributed by atoms with E-state index in [4.69, 9.17) is 4.74 Å². The molecule has 140 valence electrons. The summed E-state index contributed by atoms with van der Waals surface area (Å²) >= 11 is 0. The van der Waals surface area contributed by atoms with Gasteiger partial charge in [0, 0.05) is 6.42 Å². The number of benzene rings is 1. The number of hydrogen-bond acceptors (Lipinski definition) is 3. The van der Waals surface area contributed by atoms with Crippen molar-refractivity contribution in [1.29, 1.82) is 0 Å². The smallest absolute Gasteiger partial charge is 0.160 e. The fourth-order valence-electron chi connectivity index (χ4n) is 2.87. The number of allylic oxidation sites excluding steroid dienone is 2. The molecule has 25 heavy (non-hydrogen) atoms. The van der Waals surface area contributed by atoms with E-state index in [9.17, 15) is 9.90 Å². The van der Waals surface area contributed by atoms with E-state index in [1.807, 2.05) is 12.1 Å². The first-order chi connectivity index (χ1) is 12.2. The zero-order valence-corrected chi connectivity index (χ0v) is 15.9. The molecular weight excluding hydrogens is 312 g/mol. The van der Waals surface area contributed by atoms with Crippen LogP contribution >= 0.6 is 0 Å². The van der Waals surface area contributed by atoms with Crippen molar-refractivity contribution in [3.63, 3.8) is 0 Å². The average Bonchev–Trinajstić information content (AvgIpc) is 2.61. The Morgan fingerprint density at radius 1 is 1.08 bits per heavy atom. The summed E-state index contributed by atoms with van der Waals surface area (Å²) in [5, 5.41) is 9.75.